The number of carboxylic acid groups (broad SMARTS) is 2. The van der Waals surface area contributed by atoms with Gasteiger partial charge in [-0.1, -0.05) is 0 Å². The molecular weight excluding hydrogens is 361 g/mol. The first kappa shape index (κ1) is 22.9. The summed E-state index contributed by atoms with van der Waals surface area (Å²) < 4.78 is 0. The molecule has 6 nitrogen and oxygen atoms in total. The van der Waals surface area contributed by atoms with Gasteiger partial charge >= 0.3 is 21.1 Å². The predicted octanol–water partition coefficient (Wildman–Crippen LogP) is -3.55. The van der Waals surface area contributed by atoms with E-state index in [2.05, 4.69) is 0 Å². The van der Waals surface area contributed by atoms with Gasteiger partial charge in [0.15, 0.2) is 0 Å². The molecule has 0 aliphatic heterocycles. The van der Waals surface area contributed by atoms with Gasteiger partial charge < -0.3 is 30.6 Å². The third kappa shape index (κ3) is 3500. The maximum atomic E-state index is 8.89. The molecule has 0 spiro atoms. The van der Waals surface area contributed by atoms with Crippen molar-refractivity contribution < 1.29 is 46.0 Å². The molecule has 3 N–H and O–H groups in total. The van der Waals surface area contributed by atoms with Gasteiger partial charge in [0.05, 0.1) is 6.61 Å². The van der Waals surface area contributed by atoms with Gasteiger partial charge in [-0.15, -0.1) is 0 Å². The van der Waals surface area contributed by atoms with Crippen LogP contribution in [-0.4, -0.2) is 30.2 Å². The van der Waals surface area contributed by atoms with E-state index >= 15 is 0 Å². The molecule has 0 atom stereocenters. The predicted molar refractivity (Wildman–Crippen MR) is 37.5 cm³/mol. The normalized spacial score (nSPS) is 6.15. The Hall–Kier alpha value is -0.452. The van der Waals surface area contributed by atoms with Gasteiger partial charge in [-0.25, -0.2) is 0 Å². The molecule has 0 aromatic heterocycles. The van der Waals surface area contributed by atoms with Crippen LogP contribution >= 0.6 is 0 Å². The Morgan fingerprint density at radius 3 is 1.31 bits per heavy atom. The Labute approximate surface area is 91.0 Å². The SMILES string of the molecule is CC(=O)[O-].CC(=O)[O-].NCCO.[Pt+2]. The summed E-state index contributed by atoms with van der Waals surface area (Å²) in [6.45, 7) is 2.42. The second-order valence-corrected chi connectivity index (χ2v) is 1.50. The summed E-state index contributed by atoms with van der Waals surface area (Å²) >= 11 is 0. The van der Waals surface area contributed by atoms with Crippen LogP contribution in [0, 0.1) is 0 Å². The second kappa shape index (κ2) is 22.6. The van der Waals surface area contributed by atoms with E-state index in [1.54, 1.807) is 0 Å². The van der Waals surface area contributed by atoms with Crippen molar-refractivity contribution in [3.8, 4) is 0 Å². The maximum absolute atomic E-state index is 8.89. The molecule has 0 unspecified atom stereocenters. The molecule has 13 heavy (non-hydrogen) atoms. The molecule has 0 rings (SSSR count). The minimum absolute atomic E-state index is 0. The standard InChI is InChI=1S/C2H7NO.2C2H4O2.Pt/c3-1-2-4;2*1-2(3)4;/h4H,1-3H2;2*1H3,(H,3,4);/q;;;+2/p-2. The zero-order chi connectivity index (χ0) is 10.6. The van der Waals surface area contributed by atoms with Crippen LogP contribution < -0.4 is 15.9 Å². The van der Waals surface area contributed by atoms with E-state index in [0.717, 1.165) is 13.8 Å². The van der Waals surface area contributed by atoms with Crippen LogP contribution in [0.5, 0.6) is 0 Å². The topological polar surface area (TPSA) is 127 Å². The van der Waals surface area contributed by atoms with E-state index in [1.165, 1.54) is 0 Å². The van der Waals surface area contributed by atoms with Gasteiger partial charge in [-0.3, -0.25) is 0 Å². The summed E-state index contributed by atoms with van der Waals surface area (Å²) in [5.41, 5.74) is 4.78. The van der Waals surface area contributed by atoms with Crippen molar-refractivity contribution in [2.45, 2.75) is 13.8 Å². The van der Waals surface area contributed by atoms with E-state index in [9.17, 15) is 0 Å². The number of aliphatic hydroxyl groups is 1. The molecule has 0 saturated carbocycles. The third-order valence-electron chi connectivity index (χ3n) is 0.129. The van der Waals surface area contributed by atoms with Crippen LogP contribution in [-0.2, 0) is 30.7 Å². The molecule has 0 aliphatic rings. The number of aliphatic hydroxyl groups excluding tert-OH is 1. The number of hydrogen-bond donors (Lipinski definition) is 2. The summed E-state index contributed by atoms with van der Waals surface area (Å²) in [4.78, 5) is 17.8. The second-order valence-electron chi connectivity index (χ2n) is 1.50. The van der Waals surface area contributed by atoms with Crippen molar-refractivity contribution in [3.05, 3.63) is 0 Å². The number of hydrogen-bond acceptors (Lipinski definition) is 6. The van der Waals surface area contributed by atoms with E-state index in [-0.39, 0.29) is 27.7 Å². The number of carboxylic acids is 2. The first-order valence-electron chi connectivity index (χ1n) is 3.04. The van der Waals surface area contributed by atoms with Gasteiger partial charge in [0.1, 0.15) is 0 Å². The Morgan fingerprint density at radius 2 is 1.31 bits per heavy atom. The van der Waals surface area contributed by atoms with E-state index in [4.69, 9.17) is 30.6 Å². The molecular formula is C6H13NO5Pt. The van der Waals surface area contributed by atoms with Crippen LogP contribution in [0.4, 0.5) is 0 Å². The zero-order valence-corrected chi connectivity index (χ0v) is 9.66. The van der Waals surface area contributed by atoms with Gasteiger partial charge in [-0.2, -0.15) is 0 Å². The molecule has 0 amide bonds. The first-order valence-corrected chi connectivity index (χ1v) is 3.04. The molecule has 0 aromatic carbocycles. The van der Waals surface area contributed by atoms with E-state index in [1.807, 2.05) is 0 Å². The molecule has 0 fully saturated rings. The summed E-state index contributed by atoms with van der Waals surface area (Å²) in [6.07, 6.45) is 0. The van der Waals surface area contributed by atoms with Crippen molar-refractivity contribution in [1.29, 1.82) is 0 Å². The average molecular weight is 374 g/mol. The molecule has 0 bridgehead atoms. The van der Waals surface area contributed by atoms with E-state index in [0.29, 0.717) is 6.54 Å². The van der Waals surface area contributed by atoms with Gasteiger partial charge in [-0.05, 0) is 13.8 Å². The Bertz CT molecular complexity index is 97.6. The largest absolute Gasteiger partial charge is 2.00 e. The minimum Gasteiger partial charge on any atom is -0.550 e. The molecule has 7 heteroatoms. The Kier molecular flexibility index (Phi) is 39.7. The minimum atomic E-state index is -1.08. The molecule has 0 aromatic rings. The van der Waals surface area contributed by atoms with Gasteiger partial charge in [0.25, 0.3) is 0 Å². The summed E-state index contributed by atoms with van der Waals surface area (Å²) in [5, 5.41) is 25.5. The summed E-state index contributed by atoms with van der Waals surface area (Å²) in [6, 6.07) is 0. The van der Waals surface area contributed by atoms with Gasteiger partial charge in [0, 0.05) is 18.5 Å². The van der Waals surface area contributed by atoms with E-state index < -0.39 is 11.9 Å². The summed E-state index contributed by atoms with van der Waals surface area (Å²) in [5.74, 6) is -2.17. The average Bonchev–Trinajstić information content (AvgIpc) is 1.85. The fourth-order valence-electron chi connectivity index (χ4n) is 0. The number of carbonyl (C=O) groups excluding carboxylic acids is 2. The fourth-order valence-corrected chi connectivity index (χ4v) is 0. The van der Waals surface area contributed by atoms with Crippen LogP contribution in [0.1, 0.15) is 13.8 Å². The quantitative estimate of drug-likeness (QED) is 0.489. The Balaban J connectivity index is -0.0000000450. The Morgan fingerprint density at radius 1 is 1.23 bits per heavy atom. The van der Waals surface area contributed by atoms with Crippen LogP contribution in [0.25, 0.3) is 0 Å². The third-order valence-corrected chi connectivity index (χ3v) is 0.129. The zero-order valence-electron chi connectivity index (χ0n) is 7.39. The number of rotatable bonds is 1. The van der Waals surface area contributed by atoms with Crippen molar-refractivity contribution >= 4 is 11.9 Å². The first-order chi connectivity index (χ1) is 5.38. The van der Waals surface area contributed by atoms with Crippen molar-refractivity contribution in [3.63, 3.8) is 0 Å². The van der Waals surface area contributed by atoms with Crippen LogP contribution in [0.15, 0.2) is 0 Å². The molecule has 82 valence electrons. The fraction of sp³-hybridized carbons (Fsp3) is 0.667. The molecule has 0 heterocycles. The number of aliphatic carboxylic acids is 2. The van der Waals surface area contributed by atoms with Crippen molar-refractivity contribution in [1.82, 2.24) is 0 Å². The van der Waals surface area contributed by atoms with Crippen LogP contribution in [0.3, 0.4) is 0 Å². The monoisotopic (exact) mass is 374 g/mol. The molecule has 0 radical (unpaired) electrons. The van der Waals surface area contributed by atoms with Crippen molar-refractivity contribution in [2.24, 2.45) is 5.73 Å². The molecule has 0 saturated heterocycles. The van der Waals surface area contributed by atoms with Crippen LogP contribution in [0.2, 0.25) is 0 Å². The molecule has 0 aliphatic carbocycles. The van der Waals surface area contributed by atoms with Crippen molar-refractivity contribution in [2.75, 3.05) is 13.2 Å². The smallest absolute Gasteiger partial charge is 0.550 e. The summed E-state index contributed by atoms with van der Waals surface area (Å²) in [7, 11) is 0. The van der Waals surface area contributed by atoms with Gasteiger partial charge in [0.2, 0.25) is 0 Å². The number of nitrogens with two attached hydrogens (primary N) is 1. The maximum Gasteiger partial charge on any atom is 2.00 e. The number of carbonyl (C=O) groups is 2.